The fraction of sp³-hybridized carbons (Fsp3) is 0.538. The van der Waals surface area contributed by atoms with Gasteiger partial charge >= 0.3 is 0 Å². The third-order valence-electron chi connectivity index (χ3n) is 5.89. The number of nitrogens with zero attached hydrogens (tertiary/aromatic N) is 1. The fourth-order valence-electron chi connectivity index (χ4n) is 3.74. The van der Waals surface area contributed by atoms with Crippen LogP contribution in [0, 0.1) is 0 Å². The zero-order valence-electron chi connectivity index (χ0n) is 21.5. The average Bonchev–Trinajstić information content (AvgIpc) is 2.85. The number of piperazine rings is 2. The molecule has 35 heavy (non-hydrogen) atoms. The molecule has 196 valence electrons. The molecule has 0 amide bonds. The Kier molecular flexibility index (Phi) is 13.0. The zero-order valence-corrected chi connectivity index (χ0v) is 24.6. The van der Waals surface area contributed by atoms with Crippen LogP contribution in [0.2, 0.25) is 10.0 Å². The van der Waals surface area contributed by atoms with Gasteiger partial charge in [0.15, 0.2) is 0 Å². The molecule has 0 spiro atoms. The number of hydrogen-bond acceptors (Lipinski definition) is 6. The molecule has 3 N–H and O–H groups in total. The Morgan fingerprint density at radius 1 is 0.771 bits per heavy atom. The maximum absolute atomic E-state index is 6.04. The third-order valence-corrected chi connectivity index (χ3v) is 7.01. The molecule has 6 nitrogen and oxygen atoms in total. The number of nitrogens with one attached hydrogen (secondary N) is 3. The van der Waals surface area contributed by atoms with Crippen LogP contribution in [0.4, 0.5) is 5.69 Å². The van der Waals surface area contributed by atoms with Gasteiger partial charge in [-0.1, -0.05) is 39.1 Å². The van der Waals surface area contributed by atoms with E-state index in [1.807, 2.05) is 24.3 Å². The number of hydrogen-bond donors (Lipinski definition) is 3. The van der Waals surface area contributed by atoms with E-state index in [0.717, 1.165) is 36.4 Å². The van der Waals surface area contributed by atoms with E-state index in [2.05, 4.69) is 70.5 Å². The van der Waals surface area contributed by atoms with Gasteiger partial charge in [-0.15, -0.1) is 0 Å². The second-order valence-electron chi connectivity index (χ2n) is 9.03. The fourth-order valence-corrected chi connectivity index (χ4v) is 4.47. The summed E-state index contributed by atoms with van der Waals surface area (Å²) in [4.78, 5) is 2.39. The summed E-state index contributed by atoms with van der Waals surface area (Å²) in [6.45, 7) is 13.0. The van der Waals surface area contributed by atoms with Gasteiger partial charge < -0.3 is 30.3 Å². The van der Waals surface area contributed by atoms with Gasteiger partial charge in [0.2, 0.25) is 0 Å². The van der Waals surface area contributed by atoms with Gasteiger partial charge in [0.1, 0.15) is 11.5 Å². The predicted octanol–water partition coefficient (Wildman–Crippen LogP) is 5.60. The van der Waals surface area contributed by atoms with Crippen molar-refractivity contribution < 1.29 is 9.47 Å². The summed E-state index contributed by atoms with van der Waals surface area (Å²) in [5.41, 5.74) is 1.17. The van der Waals surface area contributed by atoms with Crippen LogP contribution >= 0.6 is 39.1 Å². The SMILES string of the molecule is COc1cc(Br)ccc1Cl.COc1cc(N2C[C@@H](C)NC[C@H]2C)ccc1Cl.C[C@@H]1CN[C@H](C)CN1. The van der Waals surface area contributed by atoms with Crippen molar-refractivity contribution in [3.8, 4) is 11.5 Å². The number of rotatable bonds is 3. The van der Waals surface area contributed by atoms with E-state index in [1.165, 1.54) is 5.69 Å². The van der Waals surface area contributed by atoms with Crippen molar-refractivity contribution in [2.45, 2.75) is 51.9 Å². The molecule has 4 rings (SSSR count). The molecular formula is C26H39BrCl2N4O2. The molecule has 2 saturated heterocycles. The first-order valence-electron chi connectivity index (χ1n) is 11.9. The topological polar surface area (TPSA) is 57.8 Å². The van der Waals surface area contributed by atoms with Gasteiger partial charge in [0.05, 0.1) is 24.3 Å². The summed E-state index contributed by atoms with van der Waals surface area (Å²) >= 11 is 15.1. The maximum Gasteiger partial charge on any atom is 0.139 e. The van der Waals surface area contributed by atoms with Crippen molar-refractivity contribution in [2.75, 3.05) is 45.3 Å². The molecular weight excluding hydrogens is 551 g/mol. The molecule has 0 aliphatic carbocycles. The summed E-state index contributed by atoms with van der Waals surface area (Å²) in [5, 5.41) is 11.5. The van der Waals surface area contributed by atoms with Gasteiger partial charge in [-0.2, -0.15) is 0 Å². The Labute approximate surface area is 229 Å². The Morgan fingerprint density at radius 3 is 1.80 bits per heavy atom. The summed E-state index contributed by atoms with van der Waals surface area (Å²) in [7, 11) is 3.24. The van der Waals surface area contributed by atoms with Crippen LogP contribution in [0.5, 0.6) is 11.5 Å². The minimum Gasteiger partial charge on any atom is -0.495 e. The molecule has 0 aromatic heterocycles. The Hall–Kier alpha value is -1.22. The first kappa shape index (κ1) is 30.0. The highest BCUT2D eigenvalue weighted by atomic mass is 79.9. The summed E-state index contributed by atoms with van der Waals surface area (Å²) in [5.74, 6) is 1.43. The van der Waals surface area contributed by atoms with Gasteiger partial charge in [-0.3, -0.25) is 0 Å². The standard InChI is InChI=1S/C13H19ClN2O.C7H6BrClO.C6H14N2/c1-9-8-16(10(2)7-15-9)11-4-5-12(14)13(6-11)17-3;1-10-7-4-5(8)2-3-6(7)9;1-5-3-8-6(2)4-7-5/h4-6,9-10,15H,7-8H2,1-3H3;2-4H,1H3;5-8H,3-4H2,1-2H3/t9-,10-;;5-,6-/m1.1/s1. The highest BCUT2D eigenvalue weighted by Crippen LogP contribution is 2.31. The van der Waals surface area contributed by atoms with Crippen LogP contribution in [-0.4, -0.2) is 64.6 Å². The van der Waals surface area contributed by atoms with E-state index in [0.29, 0.717) is 40.0 Å². The van der Waals surface area contributed by atoms with E-state index in [1.54, 1.807) is 20.3 Å². The lowest BCUT2D eigenvalue weighted by molar-refractivity contribution is 0.376. The maximum atomic E-state index is 6.04. The van der Waals surface area contributed by atoms with E-state index < -0.39 is 0 Å². The van der Waals surface area contributed by atoms with Crippen LogP contribution in [-0.2, 0) is 0 Å². The van der Waals surface area contributed by atoms with Gasteiger partial charge in [-0.05, 0) is 58.0 Å². The van der Waals surface area contributed by atoms with E-state index >= 15 is 0 Å². The predicted molar refractivity (Wildman–Crippen MR) is 153 cm³/mol. The number of benzene rings is 2. The summed E-state index contributed by atoms with van der Waals surface area (Å²) < 4.78 is 11.2. The minimum atomic E-state index is 0.483. The minimum absolute atomic E-state index is 0.483. The second-order valence-corrected chi connectivity index (χ2v) is 10.8. The van der Waals surface area contributed by atoms with Crippen molar-refractivity contribution in [1.29, 1.82) is 0 Å². The summed E-state index contributed by atoms with van der Waals surface area (Å²) in [6, 6.07) is 13.7. The highest BCUT2D eigenvalue weighted by molar-refractivity contribution is 9.10. The lowest BCUT2D eigenvalue weighted by Gasteiger charge is -2.39. The zero-order chi connectivity index (χ0) is 26.0. The molecule has 2 fully saturated rings. The van der Waals surface area contributed by atoms with Crippen LogP contribution in [0.25, 0.3) is 0 Å². The van der Waals surface area contributed by atoms with Gasteiger partial charge in [0, 0.05) is 66.6 Å². The first-order chi connectivity index (χ1) is 16.6. The van der Waals surface area contributed by atoms with Crippen LogP contribution < -0.4 is 30.3 Å². The van der Waals surface area contributed by atoms with Crippen LogP contribution in [0.1, 0.15) is 27.7 Å². The first-order valence-corrected chi connectivity index (χ1v) is 13.5. The molecule has 0 saturated carbocycles. The van der Waals surface area contributed by atoms with E-state index in [4.69, 9.17) is 32.7 Å². The molecule has 0 unspecified atom stereocenters. The monoisotopic (exact) mass is 588 g/mol. The van der Waals surface area contributed by atoms with Gasteiger partial charge in [-0.25, -0.2) is 0 Å². The Bertz CT molecular complexity index is 903. The third kappa shape index (κ3) is 9.98. The summed E-state index contributed by atoms with van der Waals surface area (Å²) in [6.07, 6.45) is 0. The molecule has 0 bridgehead atoms. The van der Waals surface area contributed by atoms with Crippen LogP contribution in [0.3, 0.4) is 0 Å². The Morgan fingerprint density at radius 2 is 1.29 bits per heavy atom. The van der Waals surface area contributed by atoms with Crippen molar-refractivity contribution in [1.82, 2.24) is 16.0 Å². The molecule has 4 atom stereocenters. The van der Waals surface area contributed by atoms with Crippen molar-refractivity contribution in [2.24, 2.45) is 0 Å². The van der Waals surface area contributed by atoms with Crippen molar-refractivity contribution >= 4 is 44.8 Å². The molecule has 0 radical (unpaired) electrons. The lowest BCUT2D eigenvalue weighted by atomic mass is 10.1. The van der Waals surface area contributed by atoms with Crippen LogP contribution in [0.15, 0.2) is 40.9 Å². The lowest BCUT2D eigenvalue weighted by Crippen LogP contribution is -2.54. The normalized spacial score (nSPS) is 23.9. The van der Waals surface area contributed by atoms with E-state index in [9.17, 15) is 0 Å². The quantitative estimate of drug-likeness (QED) is 0.433. The molecule has 9 heteroatoms. The smallest absolute Gasteiger partial charge is 0.139 e. The highest BCUT2D eigenvalue weighted by Gasteiger charge is 2.23. The molecule has 2 heterocycles. The second kappa shape index (κ2) is 15.1. The van der Waals surface area contributed by atoms with E-state index in [-0.39, 0.29) is 0 Å². The largest absolute Gasteiger partial charge is 0.495 e. The van der Waals surface area contributed by atoms with Crippen molar-refractivity contribution in [3.05, 3.63) is 50.9 Å². The number of halogens is 3. The molecule has 2 aliphatic heterocycles. The van der Waals surface area contributed by atoms with Gasteiger partial charge in [0.25, 0.3) is 0 Å². The van der Waals surface area contributed by atoms with Crippen molar-refractivity contribution in [3.63, 3.8) is 0 Å². The number of ether oxygens (including phenoxy) is 2. The Balaban J connectivity index is 0.000000204. The molecule has 2 aromatic rings. The number of anilines is 1. The number of methoxy groups -OCH3 is 2. The molecule has 2 aromatic carbocycles. The molecule has 2 aliphatic rings. The average molecular weight is 590 g/mol.